The van der Waals surface area contributed by atoms with Gasteiger partial charge in [0.15, 0.2) is 0 Å². The van der Waals surface area contributed by atoms with Gasteiger partial charge in [0.2, 0.25) is 0 Å². The first-order valence-corrected chi connectivity index (χ1v) is 10.3. The highest BCUT2D eigenvalue weighted by Gasteiger charge is 2.65. The molecule has 6 atom stereocenters. The van der Waals surface area contributed by atoms with Crippen molar-refractivity contribution in [3.8, 4) is 0 Å². The Morgan fingerprint density at radius 1 is 1.36 bits per heavy atom. The number of hydrogen-bond donors (Lipinski definition) is 1. The van der Waals surface area contributed by atoms with Crippen LogP contribution in [0.4, 0.5) is 0 Å². The molecule has 6 nitrogen and oxygen atoms in total. The van der Waals surface area contributed by atoms with Crippen LogP contribution in [0.15, 0.2) is 24.3 Å². The molecule has 3 aliphatic heterocycles. The molecule has 4 heterocycles. The van der Waals surface area contributed by atoms with Crippen LogP contribution in [0.3, 0.4) is 0 Å². The minimum Gasteiger partial charge on any atom is -0.468 e. The van der Waals surface area contributed by atoms with E-state index in [9.17, 15) is 9.90 Å². The van der Waals surface area contributed by atoms with Crippen molar-refractivity contribution in [1.82, 2.24) is 9.47 Å². The van der Waals surface area contributed by atoms with Crippen LogP contribution >= 0.6 is 0 Å². The molecule has 0 radical (unpaired) electrons. The van der Waals surface area contributed by atoms with Gasteiger partial charge in [0.1, 0.15) is 11.6 Å². The number of fused-ring (bicyclic) bond motifs is 4. The average molecular weight is 382 g/mol. The lowest BCUT2D eigenvalue weighted by molar-refractivity contribution is -0.197. The van der Waals surface area contributed by atoms with E-state index in [2.05, 4.69) is 28.5 Å². The van der Waals surface area contributed by atoms with E-state index in [1.807, 2.05) is 12.1 Å². The molecule has 1 aromatic carbocycles. The number of ether oxygens (including phenoxy) is 2. The van der Waals surface area contributed by atoms with E-state index in [0.717, 1.165) is 36.0 Å². The zero-order valence-corrected chi connectivity index (χ0v) is 16.3. The number of rotatable bonds is 1. The molecule has 1 saturated heterocycles. The fraction of sp³-hybridized carbons (Fsp3) is 0.591. The van der Waals surface area contributed by atoms with E-state index in [0.29, 0.717) is 13.2 Å². The van der Waals surface area contributed by atoms with Crippen molar-refractivity contribution in [3.63, 3.8) is 0 Å². The second kappa shape index (κ2) is 5.59. The molecule has 0 amide bonds. The van der Waals surface area contributed by atoms with Gasteiger partial charge < -0.3 is 19.1 Å². The Morgan fingerprint density at radius 2 is 2.18 bits per heavy atom. The zero-order valence-electron chi connectivity index (χ0n) is 16.3. The minimum absolute atomic E-state index is 0.0145. The van der Waals surface area contributed by atoms with Crippen molar-refractivity contribution >= 4 is 16.9 Å². The number of carbonyl (C=O) groups excluding carboxylic acids is 1. The predicted octanol–water partition coefficient (Wildman–Crippen LogP) is 2.19. The summed E-state index contributed by atoms with van der Waals surface area (Å²) >= 11 is 0. The van der Waals surface area contributed by atoms with Crippen LogP contribution in [0.5, 0.6) is 0 Å². The largest absolute Gasteiger partial charge is 0.468 e. The molecule has 0 unspecified atom stereocenters. The summed E-state index contributed by atoms with van der Waals surface area (Å²) in [6, 6.07) is 8.30. The number of esters is 1. The molecule has 148 valence electrons. The predicted molar refractivity (Wildman–Crippen MR) is 103 cm³/mol. The fourth-order valence-electron chi connectivity index (χ4n) is 6.87. The van der Waals surface area contributed by atoms with Crippen molar-refractivity contribution in [3.05, 3.63) is 35.5 Å². The van der Waals surface area contributed by atoms with Crippen LogP contribution in [0.25, 0.3) is 10.9 Å². The Morgan fingerprint density at radius 3 is 3.00 bits per heavy atom. The van der Waals surface area contributed by atoms with E-state index >= 15 is 0 Å². The minimum atomic E-state index is -0.746. The van der Waals surface area contributed by atoms with Crippen LogP contribution in [-0.2, 0) is 26.1 Å². The number of nitrogens with zero attached hydrogens (tertiary/aromatic N) is 2. The van der Waals surface area contributed by atoms with Gasteiger partial charge in [-0.15, -0.1) is 0 Å². The first-order valence-electron chi connectivity index (χ1n) is 10.3. The van der Waals surface area contributed by atoms with Crippen molar-refractivity contribution in [1.29, 1.82) is 0 Å². The third-order valence-corrected chi connectivity index (χ3v) is 7.89. The SMILES string of the molecule is COC(=O)[C@]12C[C@H]3C[C@@H]4[C@H](C)OCN(CCc5c1n(c1ccccc51)[C@H]3O)[C@@H]42. The van der Waals surface area contributed by atoms with Gasteiger partial charge in [0, 0.05) is 35.5 Å². The molecular formula is C22H26N2O4. The van der Waals surface area contributed by atoms with Gasteiger partial charge in [-0.05, 0) is 37.8 Å². The molecule has 0 spiro atoms. The highest BCUT2D eigenvalue weighted by Crippen LogP contribution is 2.59. The second-order valence-corrected chi connectivity index (χ2v) is 8.96. The summed E-state index contributed by atoms with van der Waals surface area (Å²) in [5, 5.41) is 12.5. The lowest BCUT2D eigenvalue weighted by atomic mass is 9.56. The summed E-state index contributed by atoms with van der Waals surface area (Å²) in [6.45, 7) is 3.52. The highest BCUT2D eigenvalue weighted by atomic mass is 16.5. The highest BCUT2D eigenvalue weighted by molar-refractivity contribution is 5.93. The first kappa shape index (κ1) is 17.0. The molecule has 1 saturated carbocycles. The molecule has 1 aliphatic carbocycles. The lowest BCUT2D eigenvalue weighted by Gasteiger charge is -2.58. The molecule has 6 rings (SSSR count). The summed E-state index contributed by atoms with van der Waals surface area (Å²) in [6.07, 6.45) is 1.81. The maximum Gasteiger partial charge on any atom is 0.319 e. The van der Waals surface area contributed by atoms with Gasteiger partial charge in [-0.2, -0.15) is 0 Å². The van der Waals surface area contributed by atoms with Gasteiger partial charge in [0.05, 0.1) is 25.5 Å². The number of aliphatic hydroxyl groups excluding tert-OH is 1. The fourth-order valence-corrected chi connectivity index (χ4v) is 6.87. The van der Waals surface area contributed by atoms with Crippen LogP contribution < -0.4 is 0 Å². The summed E-state index contributed by atoms with van der Waals surface area (Å²) in [5.41, 5.74) is 2.48. The molecular weight excluding hydrogens is 356 g/mol. The molecule has 4 aliphatic rings. The number of methoxy groups -OCH3 is 1. The summed E-state index contributed by atoms with van der Waals surface area (Å²) < 4.78 is 13.6. The molecule has 1 aromatic heterocycles. The Hall–Kier alpha value is -1.89. The number of benzene rings is 1. The Kier molecular flexibility index (Phi) is 3.39. The lowest BCUT2D eigenvalue weighted by Crippen LogP contribution is -2.68. The van der Waals surface area contributed by atoms with Crippen molar-refractivity contribution in [2.75, 3.05) is 20.4 Å². The molecule has 2 bridgehead atoms. The molecule has 28 heavy (non-hydrogen) atoms. The molecule has 1 N–H and O–H groups in total. The number of hydrogen-bond acceptors (Lipinski definition) is 5. The summed E-state index contributed by atoms with van der Waals surface area (Å²) in [7, 11) is 1.50. The van der Waals surface area contributed by atoms with E-state index in [1.54, 1.807) is 0 Å². The number of carbonyl (C=O) groups is 1. The summed E-state index contributed by atoms with van der Waals surface area (Å²) in [4.78, 5) is 15.9. The third-order valence-electron chi connectivity index (χ3n) is 7.89. The van der Waals surface area contributed by atoms with Crippen molar-refractivity contribution in [2.24, 2.45) is 11.8 Å². The molecule has 6 heteroatoms. The Bertz CT molecular complexity index is 984. The molecule has 2 fully saturated rings. The van der Waals surface area contributed by atoms with E-state index in [1.165, 1.54) is 12.7 Å². The van der Waals surface area contributed by atoms with Gasteiger partial charge in [0.25, 0.3) is 0 Å². The van der Waals surface area contributed by atoms with Gasteiger partial charge in [-0.25, -0.2) is 0 Å². The average Bonchev–Trinajstić information content (AvgIpc) is 2.97. The second-order valence-electron chi connectivity index (χ2n) is 8.96. The van der Waals surface area contributed by atoms with Crippen molar-refractivity contribution in [2.45, 2.75) is 50.0 Å². The Balaban J connectivity index is 1.74. The Labute approximate surface area is 164 Å². The third kappa shape index (κ3) is 1.82. The monoisotopic (exact) mass is 382 g/mol. The number of aromatic nitrogens is 1. The first-order chi connectivity index (χ1) is 13.6. The van der Waals surface area contributed by atoms with Crippen LogP contribution in [-0.4, -0.2) is 53.1 Å². The van der Waals surface area contributed by atoms with Gasteiger partial charge in [-0.3, -0.25) is 9.69 Å². The van der Waals surface area contributed by atoms with Crippen LogP contribution in [0.1, 0.15) is 37.3 Å². The van der Waals surface area contributed by atoms with Gasteiger partial charge in [-0.1, -0.05) is 18.2 Å². The number of aliphatic hydroxyl groups is 1. The van der Waals surface area contributed by atoms with E-state index < -0.39 is 11.6 Å². The molecule has 2 aromatic rings. The smallest absolute Gasteiger partial charge is 0.319 e. The summed E-state index contributed by atoms with van der Waals surface area (Å²) in [5.74, 6) is 0.0602. The van der Waals surface area contributed by atoms with Crippen LogP contribution in [0, 0.1) is 11.8 Å². The standard InChI is InChI=1S/C22H26N2O4/c1-12-16-9-13-10-22(21(26)27-2)18(16)23(11-28-12)8-7-15-14-5-3-4-6-17(14)24(19(15)22)20(13)25/h3-6,12-13,16,18,20,25H,7-11H2,1-2H3/t12-,13+,16+,18-,20-,22-/m0/s1. The zero-order chi connectivity index (χ0) is 19.2. The van der Waals surface area contributed by atoms with E-state index in [-0.39, 0.29) is 30.0 Å². The quantitative estimate of drug-likeness (QED) is 0.766. The topological polar surface area (TPSA) is 63.9 Å². The maximum atomic E-state index is 13.5. The van der Waals surface area contributed by atoms with E-state index in [4.69, 9.17) is 9.47 Å². The van der Waals surface area contributed by atoms with Crippen molar-refractivity contribution < 1.29 is 19.4 Å². The normalized spacial score (nSPS) is 38.9. The van der Waals surface area contributed by atoms with Crippen LogP contribution in [0.2, 0.25) is 0 Å². The number of para-hydroxylation sites is 1. The van der Waals surface area contributed by atoms with Gasteiger partial charge >= 0.3 is 5.97 Å². The maximum absolute atomic E-state index is 13.5.